The number of aromatic nitrogens is 2. The van der Waals surface area contributed by atoms with Crippen LogP contribution in [0.4, 0.5) is 0 Å². The van der Waals surface area contributed by atoms with E-state index in [-0.39, 0.29) is 5.91 Å². The van der Waals surface area contributed by atoms with Gasteiger partial charge in [0.25, 0.3) is 0 Å². The van der Waals surface area contributed by atoms with E-state index in [1.165, 1.54) is 24.2 Å². The SMILES string of the molecule is O=C(CCN1CCc2c(ncn2C2CC2)C1)N1CCOCC1. The molecule has 0 aromatic carbocycles. The molecular weight excluding hydrogens is 280 g/mol. The number of hydrogen-bond donors (Lipinski definition) is 0. The van der Waals surface area contributed by atoms with Crippen molar-refractivity contribution in [2.24, 2.45) is 0 Å². The Labute approximate surface area is 131 Å². The smallest absolute Gasteiger partial charge is 0.224 e. The van der Waals surface area contributed by atoms with E-state index in [1.807, 2.05) is 11.2 Å². The highest BCUT2D eigenvalue weighted by Crippen LogP contribution is 2.37. The summed E-state index contributed by atoms with van der Waals surface area (Å²) in [7, 11) is 0. The second-order valence-corrected chi connectivity index (χ2v) is 6.55. The Morgan fingerprint density at radius 2 is 2.09 bits per heavy atom. The number of carbonyl (C=O) groups is 1. The average Bonchev–Trinajstić information content (AvgIpc) is 3.33. The predicted molar refractivity (Wildman–Crippen MR) is 81.5 cm³/mol. The Morgan fingerprint density at radius 1 is 1.27 bits per heavy atom. The molecule has 0 atom stereocenters. The molecule has 0 bridgehead atoms. The topological polar surface area (TPSA) is 50.6 Å². The minimum atomic E-state index is 0.262. The Hall–Kier alpha value is -1.40. The molecule has 0 spiro atoms. The molecule has 22 heavy (non-hydrogen) atoms. The summed E-state index contributed by atoms with van der Waals surface area (Å²) in [6, 6.07) is 0.714. The zero-order valence-corrected chi connectivity index (χ0v) is 13.0. The molecule has 1 saturated heterocycles. The van der Waals surface area contributed by atoms with Gasteiger partial charge in [0, 0.05) is 57.3 Å². The van der Waals surface area contributed by atoms with Gasteiger partial charge in [0.15, 0.2) is 0 Å². The number of imidazole rings is 1. The quantitative estimate of drug-likeness (QED) is 0.826. The Morgan fingerprint density at radius 3 is 2.86 bits per heavy atom. The highest BCUT2D eigenvalue weighted by atomic mass is 16.5. The third kappa shape index (κ3) is 2.90. The van der Waals surface area contributed by atoms with Crippen LogP contribution in [0.15, 0.2) is 6.33 Å². The normalized spacial score (nSPS) is 22.6. The van der Waals surface area contributed by atoms with Gasteiger partial charge >= 0.3 is 0 Å². The third-order valence-electron chi connectivity index (χ3n) is 4.97. The van der Waals surface area contributed by atoms with Crippen LogP contribution in [0.1, 0.15) is 36.7 Å². The van der Waals surface area contributed by atoms with Gasteiger partial charge in [0.1, 0.15) is 0 Å². The van der Waals surface area contributed by atoms with Crippen LogP contribution in [0.3, 0.4) is 0 Å². The number of hydrogen-bond acceptors (Lipinski definition) is 4. The summed E-state index contributed by atoms with van der Waals surface area (Å²) in [6.07, 6.45) is 6.31. The summed E-state index contributed by atoms with van der Waals surface area (Å²) < 4.78 is 7.68. The van der Waals surface area contributed by atoms with E-state index in [1.54, 1.807) is 0 Å². The van der Waals surface area contributed by atoms with Crippen LogP contribution in [-0.2, 0) is 22.5 Å². The molecule has 6 heteroatoms. The van der Waals surface area contributed by atoms with Gasteiger partial charge in [-0.15, -0.1) is 0 Å². The first-order valence-electron chi connectivity index (χ1n) is 8.44. The van der Waals surface area contributed by atoms with Gasteiger partial charge < -0.3 is 14.2 Å². The van der Waals surface area contributed by atoms with Crippen LogP contribution in [-0.4, -0.2) is 64.7 Å². The molecular formula is C16H24N4O2. The fourth-order valence-corrected chi connectivity index (χ4v) is 3.47. The fourth-order valence-electron chi connectivity index (χ4n) is 3.47. The average molecular weight is 304 g/mol. The minimum absolute atomic E-state index is 0.262. The Balaban J connectivity index is 1.30. The van der Waals surface area contributed by atoms with Gasteiger partial charge in [-0.25, -0.2) is 4.98 Å². The number of carbonyl (C=O) groups excluding carboxylic acids is 1. The maximum absolute atomic E-state index is 12.2. The zero-order valence-electron chi connectivity index (χ0n) is 13.0. The van der Waals surface area contributed by atoms with Gasteiger partial charge in [0.2, 0.25) is 5.91 Å². The van der Waals surface area contributed by atoms with E-state index in [0.29, 0.717) is 25.7 Å². The van der Waals surface area contributed by atoms with Crippen LogP contribution >= 0.6 is 0 Å². The lowest BCUT2D eigenvalue weighted by Gasteiger charge is -2.30. The van der Waals surface area contributed by atoms with Crippen LogP contribution in [0.5, 0.6) is 0 Å². The lowest BCUT2D eigenvalue weighted by Crippen LogP contribution is -2.42. The lowest BCUT2D eigenvalue weighted by molar-refractivity contribution is -0.135. The molecule has 1 saturated carbocycles. The molecule has 1 aromatic heterocycles. The molecule has 120 valence electrons. The largest absolute Gasteiger partial charge is 0.378 e. The van der Waals surface area contributed by atoms with Crippen LogP contribution in [0.25, 0.3) is 0 Å². The number of morpholine rings is 1. The monoisotopic (exact) mass is 304 g/mol. The van der Waals surface area contributed by atoms with E-state index < -0.39 is 0 Å². The number of amides is 1. The van der Waals surface area contributed by atoms with E-state index in [9.17, 15) is 4.79 Å². The highest BCUT2D eigenvalue weighted by Gasteiger charge is 2.29. The number of nitrogens with zero attached hydrogens (tertiary/aromatic N) is 4. The molecule has 3 aliphatic rings. The van der Waals surface area contributed by atoms with Gasteiger partial charge in [-0.3, -0.25) is 9.69 Å². The molecule has 0 unspecified atom stereocenters. The van der Waals surface area contributed by atoms with Gasteiger partial charge in [-0.1, -0.05) is 0 Å². The van der Waals surface area contributed by atoms with Crippen molar-refractivity contribution in [1.82, 2.24) is 19.4 Å². The van der Waals surface area contributed by atoms with Crippen LogP contribution in [0.2, 0.25) is 0 Å². The maximum Gasteiger partial charge on any atom is 0.224 e. The Bertz CT molecular complexity index is 546. The summed E-state index contributed by atoms with van der Waals surface area (Å²) in [4.78, 5) is 21.1. The molecule has 0 N–H and O–H groups in total. The van der Waals surface area contributed by atoms with Crippen LogP contribution in [0, 0.1) is 0 Å². The number of rotatable bonds is 4. The molecule has 0 radical (unpaired) electrons. The predicted octanol–water partition coefficient (Wildman–Crippen LogP) is 0.825. The molecule has 3 heterocycles. The number of ether oxygens (including phenoxy) is 1. The van der Waals surface area contributed by atoms with Crippen molar-refractivity contribution in [3.05, 3.63) is 17.7 Å². The first-order chi connectivity index (χ1) is 10.8. The molecule has 2 aliphatic heterocycles. The van der Waals surface area contributed by atoms with Crippen molar-refractivity contribution >= 4 is 5.91 Å². The molecule has 1 aromatic rings. The van der Waals surface area contributed by atoms with Crippen molar-refractivity contribution in [3.63, 3.8) is 0 Å². The standard InChI is InChI=1S/C16H24N4O2/c21-16(19-7-9-22-10-8-19)4-6-18-5-3-15-14(11-18)17-12-20(15)13-1-2-13/h12-13H,1-11H2. The summed E-state index contributed by atoms with van der Waals surface area (Å²) in [5.41, 5.74) is 2.65. The molecule has 2 fully saturated rings. The Kier molecular flexibility index (Phi) is 3.88. The van der Waals surface area contributed by atoms with E-state index in [0.717, 1.165) is 39.1 Å². The molecule has 6 nitrogen and oxygen atoms in total. The van der Waals surface area contributed by atoms with E-state index in [2.05, 4.69) is 14.5 Å². The lowest BCUT2D eigenvalue weighted by atomic mass is 10.1. The first kappa shape index (κ1) is 14.2. The van der Waals surface area contributed by atoms with Crippen molar-refractivity contribution in [3.8, 4) is 0 Å². The summed E-state index contributed by atoms with van der Waals surface area (Å²) in [5.74, 6) is 0.262. The van der Waals surface area contributed by atoms with Crippen molar-refractivity contribution in [2.75, 3.05) is 39.4 Å². The number of fused-ring (bicyclic) bond motifs is 1. The zero-order chi connectivity index (χ0) is 14.9. The fraction of sp³-hybridized carbons (Fsp3) is 0.750. The van der Waals surface area contributed by atoms with Crippen molar-refractivity contribution in [2.45, 2.75) is 38.3 Å². The molecule has 1 amide bonds. The molecule has 1 aliphatic carbocycles. The van der Waals surface area contributed by atoms with E-state index in [4.69, 9.17) is 4.74 Å². The van der Waals surface area contributed by atoms with Crippen molar-refractivity contribution < 1.29 is 9.53 Å². The minimum Gasteiger partial charge on any atom is -0.378 e. The van der Waals surface area contributed by atoms with Gasteiger partial charge in [-0.2, -0.15) is 0 Å². The van der Waals surface area contributed by atoms with E-state index >= 15 is 0 Å². The maximum atomic E-state index is 12.2. The second kappa shape index (κ2) is 6.01. The van der Waals surface area contributed by atoms with Crippen molar-refractivity contribution in [1.29, 1.82) is 0 Å². The highest BCUT2D eigenvalue weighted by molar-refractivity contribution is 5.76. The third-order valence-corrected chi connectivity index (χ3v) is 4.97. The first-order valence-corrected chi connectivity index (χ1v) is 8.44. The summed E-state index contributed by atoms with van der Waals surface area (Å²) in [6.45, 7) is 5.62. The summed E-state index contributed by atoms with van der Waals surface area (Å²) in [5, 5.41) is 0. The molecule has 4 rings (SSSR count). The van der Waals surface area contributed by atoms with Crippen LogP contribution < -0.4 is 0 Å². The summed E-state index contributed by atoms with van der Waals surface area (Å²) >= 11 is 0. The second-order valence-electron chi connectivity index (χ2n) is 6.55. The van der Waals surface area contributed by atoms with Gasteiger partial charge in [0.05, 0.1) is 25.2 Å². The van der Waals surface area contributed by atoms with Gasteiger partial charge in [-0.05, 0) is 12.8 Å².